The molecule has 0 amide bonds. The standard InChI is InChI=1S/C27H33F2NO5S/c1-4-22-7-5-20-15-21(27(3,28)29)6-9-25(20)30(22)36(32,33)23-8-10-26(24(16-23)18(2)31)35-17-19-11-13-34-14-12-19/h6,8-10,15-16,19,22H,4-5,7,11-14,17H2,1-3H3. The van der Waals surface area contributed by atoms with Crippen LogP contribution in [0.1, 0.15) is 67.9 Å². The largest absolute Gasteiger partial charge is 0.493 e. The molecule has 0 spiro atoms. The highest BCUT2D eigenvalue weighted by atomic mass is 32.2. The summed E-state index contributed by atoms with van der Waals surface area (Å²) in [6, 6.07) is 8.20. The molecule has 2 aliphatic heterocycles. The molecule has 0 aromatic heterocycles. The molecular weight excluding hydrogens is 488 g/mol. The molecule has 2 aromatic carbocycles. The lowest BCUT2D eigenvalue weighted by Gasteiger charge is -2.38. The molecule has 1 unspecified atom stereocenters. The number of rotatable bonds is 8. The summed E-state index contributed by atoms with van der Waals surface area (Å²) in [5, 5.41) is 0. The fourth-order valence-corrected chi connectivity index (χ4v) is 6.73. The first kappa shape index (κ1) is 26.5. The Kier molecular flexibility index (Phi) is 7.71. The fourth-order valence-electron chi connectivity index (χ4n) is 4.91. The topological polar surface area (TPSA) is 72.9 Å². The van der Waals surface area contributed by atoms with E-state index in [2.05, 4.69) is 0 Å². The number of carbonyl (C=O) groups is 1. The molecule has 0 radical (unpaired) electrons. The van der Waals surface area contributed by atoms with Crippen molar-refractivity contribution in [1.29, 1.82) is 0 Å². The molecule has 6 nitrogen and oxygen atoms in total. The third-order valence-electron chi connectivity index (χ3n) is 7.08. The van der Waals surface area contributed by atoms with Crippen molar-refractivity contribution in [3.8, 4) is 5.75 Å². The number of alkyl halides is 2. The van der Waals surface area contributed by atoms with E-state index in [1.54, 1.807) is 0 Å². The molecule has 196 valence electrons. The van der Waals surface area contributed by atoms with E-state index in [0.29, 0.717) is 62.0 Å². The Hall–Kier alpha value is -2.52. The maximum atomic E-state index is 13.9. The second-order valence-electron chi connectivity index (χ2n) is 9.71. The first-order valence-electron chi connectivity index (χ1n) is 12.4. The summed E-state index contributed by atoms with van der Waals surface area (Å²) < 4.78 is 68.3. The first-order chi connectivity index (χ1) is 17.0. The summed E-state index contributed by atoms with van der Waals surface area (Å²) in [6.07, 6.45) is 3.35. The molecular formula is C27H33F2NO5S. The van der Waals surface area contributed by atoms with Gasteiger partial charge in [0, 0.05) is 31.7 Å². The van der Waals surface area contributed by atoms with E-state index >= 15 is 0 Å². The van der Waals surface area contributed by atoms with E-state index in [1.165, 1.54) is 47.6 Å². The van der Waals surface area contributed by atoms with Crippen LogP contribution in [0.2, 0.25) is 0 Å². The molecule has 1 atom stereocenters. The molecule has 36 heavy (non-hydrogen) atoms. The molecule has 0 aliphatic carbocycles. The van der Waals surface area contributed by atoms with Gasteiger partial charge in [0.1, 0.15) is 5.75 Å². The highest BCUT2D eigenvalue weighted by Crippen LogP contribution is 2.40. The minimum absolute atomic E-state index is 0.0256. The van der Waals surface area contributed by atoms with Crippen LogP contribution in [0.5, 0.6) is 5.75 Å². The van der Waals surface area contributed by atoms with Crippen molar-refractivity contribution < 1.29 is 31.5 Å². The Morgan fingerprint density at radius 2 is 1.86 bits per heavy atom. The summed E-state index contributed by atoms with van der Waals surface area (Å²) in [5.41, 5.74) is 1.05. The van der Waals surface area contributed by atoms with Crippen molar-refractivity contribution in [3.63, 3.8) is 0 Å². The van der Waals surface area contributed by atoms with E-state index in [4.69, 9.17) is 9.47 Å². The molecule has 4 rings (SSSR count). The van der Waals surface area contributed by atoms with Crippen LogP contribution in [0.4, 0.5) is 14.5 Å². The second-order valence-corrected chi connectivity index (χ2v) is 11.5. The van der Waals surface area contributed by atoms with E-state index < -0.39 is 15.9 Å². The first-order valence-corrected chi connectivity index (χ1v) is 13.9. The van der Waals surface area contributed by atoms with E-state index in [-0.39, 0.29) is 27.8 Å². The van der Waals surface area contributed by atoms with Crippen molar-refractivity contribution >= 4 is 21.5 Å². The molecule has 1 saturated heterocycles. The number of benzene rings is 2. The summed E-state index contributed by atoms with van der Waals surface area (Å²) in [4.78, 5) is 12.4. The van der Waals surface area contributed by atoms with E-state index in [0.717, 1.165) is 19.8 Å². The molecule has 0 bridgehead atoms. The Morgan fingerprint density at radius 3 is 2.50 bits per heavy atom. The van der Waals surface area contributed by atoms with Crippen LogP contribution >= 0.6 is 0 Å². The Bertz CT molecular complexity index is 1220. The Balaban J connectivity index is 1.68. The zero-order valence-electron chi connectivity index (χ0n) is 20.9. The van der Waals surface area contributed by atoms with Gasteiger partial charge in [-0.25, -0.2) is 17.2 Å². The highest BCUT2D eigenvalue weighted by molar-refractivity contribution is 7.92. The zero-order valence-corrected chi connectivity index (χ0v) is 21.7. The number of nitrogens with zero attached hydrogens (tertiary/aromatic N) is 1. The molecule has 2 aromatic rings. The molecule has 2 heterocycles. The minimum atomic E-state index is -4.07. The van der Waals surface area contributed by atoms with Gasteiger partial charge in [-0.3, -0.25) is 9.10 Å². The molecule has 0 N–H and O–H groups in total. The van der Waals surface area contributed by atoms with E-state index in [9.17, 15) is 22.0 Å². The van der Waals surface area contributed by atoms with Crippen molar-refractivity contribution in [1.82, 2.24) is 0 Å². The number of hydrogen-bond acceptors (Lipinski definition) is 5. The van der Waals surface area contributed by atoms with Crippen LogP contribution in [-0.2, 0) is 27.1 Å². The average molecular weight is 522 g/mol. The van der Waals surface area contributed by atoms with Gasteiger partial charge in [-0.1, -0.05) is 13.0 Å². The van der Waals surface area contributed by atoms with Gasteiger partial charge in [0.25, 0.3) is 15.9 Å². The van der Waals surface area contributed by atoms with Gasteiger partial charge in [0.15, 0.2) is 5.78 Å². The predicted molar refractivity (Wildman–Crippen MR) is 134 cm³/mol. The van der Waals surface area contributed by atoms with Gasteiger partial charge in [0.2, 0.25) is 0 Å². The van der Waals surface area contributed by atoms with Crippen LogP contribution < -0.4 is 9.04 Å². The van der Waals surface area contributed by atoms with Crippen LogP contribution in [0.3, 0.4) is 0 Å². The highest BCUT2D eigenvalue weighted by Gasteiger charge is 2.37. The third kappa shape index (κ3) is 5.42. The number of ketones is 1. The quantitative estimate of drug-likeness (QED) is 0.415. The Labute approximate surface area is 211 Å². The van der Waals surface area contributed by atoms with Crippen molar-refractivity contribution in [2.45, 2.75) is 69.7 Å². The maximum Gasteiger partial charge on any atom is 0.270 e. The summed E-state index contributed by atoms with van der Waals surface area (Å²) in [6.45, 7) is 5.90. The number of anilines is 1. The number of ether oxygens (including phenoxy) is 2. The summed E-state index contributed by atoms with van der Waals surface area (Å²) in [7, 11) is -4.07. The van der Waals surface area contributed by atoms with Crippen LogP contribution in [0.25, 0.3) is 0 Å². The van der Waals surface area contributed by atoms with Crippen LogP contribution in [0.15, 0.2) is 41.3 Å². The number of aryl methyl sites for hydroxylation is 1. The van der Waals surface area contributed by atoms with E-state index in [1.807, 2.05) is 6.92 Å². The lowest BCUT2D eigenvalue weighted by molar-refractivity contribution is 0.0174. The molecule has 2 aliphatic rings. The number of sulfonamides is 1. The Morgan fingerprint density at radius 1 is 1.14 bits per heavy atom. The monoisotopic (exact) mass is 521 g/mol. The zero-order chi connectivity index (χ0) is 26.1. The lowest BCUT2D eigenvalue weighted by Crippen LogP contribution is -2.43. The molecule has 1 fully saturated rings. The summed E-state index contributed by atoms with van der Waals surface area (Å²) >= 11 is 0. The van der Waals surface area contributed by atoms with Gasteiger partial charge in [0.05, 0.1) is 22.8 Å². The molecule has 0 saturated carbocycles. The van der Waals surface area contributed by atoms with Gasteiger partial charge in [-0.05, 0) is 80.8 Å². The maximum absolute atomic E-state index is 13.9. The fraction of sp³-hybridized carbons (Fsp3) is 0.519. The molecule has 9 heteroatoms. The van der Waals surface area contributed by atoms with Gasteiger partial charge < -0.3 is 9.47 Å². The van der Waals surface area contributed by atoms with Crippen molar-refractivity contribution in [2.24, 2.45) is 5.92 Å². The van der Waals surface area contributed by atoms with Crippen LogP contribution in [-0.4, -0.2) is 40.1 Å². The number of hydrogen-bond donors (Lipinski definition) is 0. The minimum Gasteiger partial charge on any atom is -0.493 e. The van der Waals surface area contributed by atoms with Crippen molar-refractivity contribution in [3.05, 3.63) is 53.1 Å². The van der Waals surface area contributed by atoms with Gasteiger partial charge in [-0.15, -0.1) is 0 Å². The summed E-state index contributed by atoms with van der Waals surface area (Å²) in [5.74, 6) is -2.64. The van der Waals surface area contributed by atoms with Crippen LogP contribution in [0, 0.1) is 5.92 Å². The van der Waals surface area contributed by atoms with Crippen molar-refractivity contribution in [2.75, 3.05) is 24.1 Å². The average Bonchev–Trinajstić information content (AvgIpc) is 2.86. The lowest BCUT2D eigenvalue weighted by atomic mass is 9.94. The number of halogens is 2. The SMILES string of the molecule is CCC1CCc2cc(C(C)(F)F)ccc2N1S(=O)(=O)c1ccc(OCC2CCOCC2)c(C(C)=O)c1. The number of Topliss-reactive ketones (excluding diaryl/α,β-unsaturated/α-hetero) is 1. The number of fused-ring (bicyclic) bond motifs is 1. The normalized spacial score (nSPS) is 19.1. The number of carbonyl (C=O) groups excluding carboxylic acids is 1. The predicted octanol–water partition coefficient (Wildman–Crippen LogP) is 5.73. The smallest absolute Gasteiger partial charge is 0.270 e. The third-order valence-corrected chi connectivity index (χ3v) is 8.94. The van der Waals surface area contributed by atoms with Gasteiger partial charge in [-0.2, -0.15) is 0 Å². The van der Waals surface area contributed by atoms with Gasteiger partial charge >= 0.3 is 0 Å². The second kappa shape index (κ2) is 10.5.